The van der Waals surface area contributed by atoms with E-state index in [1.165, 1.54) is 32.4 Å². The summed E-state index contributed by atoms with van der Waals surface area (Å²) >= 11 is 0. The summed E-state index contributed by atoms with van der Waals surface area (Å²) in [6, 6.07) is 20.2. The molecule has 1 N–H and O–H groups in total. The number of nitrogens with zero attached hydrogens (tertiary/aromatic N) is 1. The molecule has 34 heavy (non-hydrogen) atoms. The number of hydrogen-bond acceptors (Lipinski definition) is 6. The van der Waals surface area contributed by atoms with E-state index in [-0.39, 0.29) is 29.5 Å². The molecule has 0 atom stereocenters. The highest BCUT2D eigenvalue weighted by Gasteiger charge is 2.29. The van der Waals surface area contributed by atoms with Crippen LogP contribution in [0.5, 0.6) is 17.2 Å². The fraction of sp³-hybridized carbons (Fsp3) is 0.240. The Hall–Kier alpha value is -3.72. The highest BCUT2D eigenvalue weighted by molar-refractivity contribution is 7.92. The van der Waals surface area contributed by atoms with E-state index < -0.39 is 22.5 Å². The van der Waals surface area contributed by atoms with E-state index in [1.54, 1.807) is 30.3 Å². The van der Waals surface area contributed by atoms with Crippen LogP contribution in [-0.4, -0.2) is 48.2 Å². The van der Waals surface area contributed by atoms with Crippen molar-refractivity contribution in [2.24, 2.45) is 0 Å². The quantitative estimate of drug-likeness (QED) is 0.419. The molecule has 3 aromatic carbocycles. The van der Waals surface area contributed by atoms with Crippen molar-refractivity contribution in [3.05, 3.63) is 78.4 Å². The second kappa shape index (κ2) is 11.4. The summed E-state index contributed by atoms with van der Waals surface area (Å²) in [7, 11) is -1.17. The van der Waals surface area contributed by atoms with E-state index in [4.69, 9.17) is 14.2 Å². The summed E-state index contributed by atoms with van der Waals surface area (Å²) in [4.78, 5) is 12.8. The van der Waals surface area contributed by atoms with Gasteiger partial charge in [-0.15, -0.1) is 0 Å². The Kier molecular flexibility index (Phi) is 8.37. The van der Waals surface area contributed by atoms with Gasteiger partial charge in [0.1, 0.15) is 30.4 Å². The number of ether oxygens (including phenoxy) is 3. The third-order valence-corrected chi connectivity index (χ3v) is 6.73. The minimum absolute atomic E-state index is 0.0513. The standard InChI is InChI=1S/C25H28N2O6S/c1-19-8-7-9-21(16-19)33-15-14-26-25(28)18-27(34(29,30)22-10-5-4-6-11-22)23-17-20(31-2)12-13-24(23)32-3/h4-13,16-17H,14-15,18H2,1-3H3,(H,26,28). The van der Waals surface area contributed by atoms with Crippen LogP contribution < -0.4 is 23.8 Å². The number of carbonyl (C=O) groups excluding carboxylic acids is 1. The van der Waals surface area contributed by atoms with Crippen molar-refractivity contribution < 1.29 is 27.4 Å². The van der Waals surface area contributed by atoms with E-state index in [9.17, 15) is 13.2 Å². The van der Waals surface area contributed by atoms with Crippen molar-refractivity contribution >= 4 is 21.6 Å². The Balaban J connectivity index is 1.80. The molecule has 180 valence electrons. The molecule has 9 heteroatoms. The van der Waals surface area contributed by atoms with Crippen LogP contribution in [0.4, 0.5) is 5.69 Å². The first-order valence-corrected chi connectivity index (χ1v) is 12.0. The monoisotopic (exact) mass is 484 g/mol. The normalized spacial score (nSPS) is 10.9. The highest BCUT2D eigenvalue weighted by Crippen LogP contribution is 2.35. The molecule has 0 fully saturated rings. The van der Waals surface area contributed by atoms with Gasteiger partial charge in [-0.2, -0.15) is 0 Å². The molecule has 0 spiro atoms. The molecule has 0 aliphatic carbocycles. The molecule has 0 aromatic heterocycles. The summed E-state index contributed by atoms with van der Waals surface area (Å²) in [6.07, 6.45) is 0. The lowest BCUT2D eigenvalue weighted by Gasteiger charge is -2.26. The van der Waals surface area contributed by atoms with Crippen LogP contribution >= 0.6 is 0 Å². The number of hydrogen-bond donors (Lipinski definition) is 1. The fourth-order valence-electron chi connectivity index (χ4n) is 3.26. The van der Waals surface area contributed by atoms with Gasteiger partial charge >= 0.3 is 0 Å². The van der Waals surface area contributed by atoms with Crippen molar-refractivity contribution in [2.45, 2.75) is 11.8 Å². The number of aryl methyl sites for hydroxylation is 1. The number of rotatable bonds is 11. The number of methoxy groups -OCH3 is 2. The Morgan fingerprint density at radius 1 is 0.912 bits per heavy atom. The summed E-state index contributed by atoms with van der Waals surface area (Å²) in [5.74, 6) is 0.924. The minimum Gasteiger partial charge on any atom is -0.497 e. The molecule has 0 aliphatic rings. The lowest BCUT2D eigenvalue weighted by Crippen LogP contribution is -2.42. The van der Waals surface area contributed by atoms with E-state index in [0.29, 0.717) is 11.5 Å². The van der Waals surface area contributed by atoms with Crippen molar-refractivity contribution in [1.82, 2.24) is 5.32 Å². The largest absolute Gasteiger partial charge is 0.497 e. The first kappa shape index (κ1) is 24.9. The maximum Gasteiger partial charge on any atom is 0.264 e. The molecule has 8 nitrogen and oxygen atoms in total. The molecular weight excluding hydrogens is 456 g/mol. The van der Waals surface area contributed by atoms with Crippen LogP contribution in [-0.2, 0) is 14.8 Å². The molecule has 3 aromatic rings. The molecule has 1 amide bonds. The number of sulfonamides is 1. The SMILES string of the molecule is COc1ccc(OC)c(N(CC(=O)NCCOc2cccc(C)c2)S(=O)(=O)c2ccccc2)c1. The number of carbonyl (C=O) groups is 1. The van der Waals surface area contributed by atoms with E-state index in [2.05, 4.69) is 5.32 Å². The van der Waals surface area contributed by atoms with Crippen molar-refractivity contribution in [3.63, 3.8) is 0 Å². The van der Waals surface area contributed by atoms with Crippen LogP contribution in [0.15, 0.2) is 77.7 Å². The number of anilines is 1. The van der Waals surface area contributed by atoms with Crippen molar-refractivity contribution in [3.8, 4) is 17.2 Å². The summed E-state index contributed by atoms with van der Waals surface area (Å²) in [6.45, 7) is 1.96. The first-order valence-electron chi connectivity index (χ1n) is 10.6. The second-order valence-electron chi connectivity index (χ2n) is 7.38. The van der Waals surface area contributed by atoms with Gasteiger partial charge in [-0.3, -0.25) is 9.10 Å². The van der Waals surface area contributed by atoms with Crippen molar-refractivity contribution in [2.75, 3.05) is 38.2 Å². The van der Waals surface area contributed by atoms with Crippen LogP contribution in [0.2, 0.25) is 0 Å². The number of benzene rings is 3. The maximum absolute atomic E-state index is 13.5. The zero-order chi connectivity index (χ0) is 24.6. The summed E-state index contributed by atoms with van der Waals surface area (Å²) < 4.78 is 44.3. The lowest BCUT2D eigenvalue weighted by atomic mass is 10.2. The van der Waals surface area contributed by atoms with Gasteiger partial charge in [-0.1, -0.05) is 30.3 Å². The molecule has 0 aliphatic heterocycles. The van der Waals surface area contributed by atoms with E-state index in [1.807, 2.05) is 31.2 Å². The average Bonchev–Trinajstić information content (AvgIpc) is 2.85. The molecule has 0 unspecified atom stereocenters. The Labute approximate surface area is 200 Å². The van der Waals surface area contributed by atoms with Crippen LogP contribution in [0, 0.1) is 6.92 Å². The lowest BCUT2D eigenvalue weighted by molar-refractivity contribution is -0.119. The van der Waals surface area contributed by atoms with E-state index >= 15 is 0 Å². The molecule has 0 saturated heterocycles. The molecule has 0 heterocycles. The van der Waals surface area contributed by atoms with Crippen LogP contribution in [0.1, 0.15) is 5.56 Å². The van der Waals surface area contributed by atoms with Gasteiger partial charge in [-0.05, 0) is 48.9 Å². The first-order chi connectivity index (χ1) is 16.3. The highest BCUT2D eigenvalue weighted by atomic mass is 32.2. The number of nitrogens with one attached hydrogen (secondary N) is 1. The number of amides is 1. The zero-order valence-corrected chi connectivity index (χ0v) is 20.2. The van der Waals surface area contributed by atoms with Gasteiger partial charge in [0.2, 0.25) is 5.91 Å². The second-order valence-corrected chi connectivity index (χ2v) is 9.24. The van der Waals surface area contributed by atoms with Gasteiger partial charge < -0.3 is 19.5 Å². The zero-order valence-electron chi connectivity index (χ0n) is 19.4. The molecular formula is C25H28N2O6S. The Morgan fingerprint density at radius 2 is 1.68 bits per heavy atom. The van der Waals surface area contributed by atoms with Crippen molar-refractivity contribution in [1.29, 1.82) is 0 Å². The Bertz CT molecular complexity index is 1220. The third-order valence-electron chi connectivity index (χ3n) is 4.96. The van der Waals surface area contributed by atoms with Crippen LogP contribution in [0.25, 0.3) is 0 Å². The van der Waals surface area contributed by atoms with Gasteiger partial charge in [0.15, 0.2) is 0 Å². The fourth-order valence-corrected chi connectivity index (χ4v) is 4.71. The predicted molar refractivity (Wildman–Crippen MR) is 130 cm³/mol. The molecule has 3 rings (SSSR count). The van der Waals surface area contributed by atoms with Crippen LogP contribution in [0.3, 0.4) is 0 Å². The minimum atomic E-state index is -4.08. The molecule has 0 saturated carbocycles. The molecule has 0 radical (unpaired) electrons. The van der Waals surface area contributed by atoms with Gasteiger partial charge in [0.25, 0.3) is 10.0 Å². The summed E-state index contributed by atoms with van der Waals surface area (Å²) in [5, 5.41) is 2.72. The van der Waals surface area contributed by atoms with Gasteiger partial charge in [0, 0.05) is 6.07 Å². The topological polar surface area (TPSA) is 94.2 Å². The average molecular weight is 485 g/mol. The predicted octanol–water partition coefficient (Wildman–Crippen LogP) is 3.40. The Morgan fingerprint density at radius 3 is 2.35 bits per heavy atom. The summed E-state index contributed by atoms with van der Waals surface area (Å²) in [5.41, 5.74) is 1.26. The van der Waals surface area contributed by atoms with E-state index in [0.717, 1.165) is 9.87 Å². The smallest absolute Gasteiger partial charge is 0.264 e. The van der Waals surface area contributed by atoms with Gasteiger partial charge in [0.05, 0.1) is 31.3 Å². The molecule has 0 bridgehead atoms. The van der Waals surface area contributed by atoms with Gasteiger partial charge in [-0.25, -0.2) is 8.42 Å². The maximum atomic E-state index is 13.5. The third kappa shape index (κ3) is 6.20.